The van der Waals surface area contributed by atoms with Gasteiger partial charge in [0.15, 0.2) is 5.96 Å². The van der Waals surface area contributed by atoms with Crippen LogP contribution in [0.3, 0.4) is 0 Å². The summed E-state index contributed by atoms with van der Waals surface area (Å²) >= 11 is 0. The first-order valence-electron chi connectivity index (χ1n) is 7.55. The van der Waals surface area contributed by atoms with Crippen LogP contribution in [-0.4, -0.2) is 56.3 Å². The quantitative estimate of drug-likeness (QED) is 0.391. The Labute approximate surface area is 126 Å². The molecule has 0 bridgehead atoms. The Kier molecular flexibility index (Phi) is 10.2. The van der Waals surface area contributed by atoms with Crippen molar-refractivity contribution in [3.63, 3.8) is 0 Å². The van der Waals surface area contributed by atoms with Crippen LogP contribution in [0.15, 0.2) is 4.99 Å². The molecule has 0 atom stereocenters. The highest BCUT2D eigenvalue weighted by Crippen LogP contribution is 2.17. The first-order valence-corrected chi connectivity index (χ1v) is 7.55. The van der Waals surface area contributed by atoms with Crippen molar-refractivity contribution in [2.45, 2.75) is 52.3 Å². The average Bonchev–Trinajstić information content (AvgIpc) is 2.36. The van der Waals surface area contributed by atoms with Gasteiger partial charge in [-0.15, -0.1) is 0 Å². The zero-order valence-electron chi connectivity index (χ0n) is 13.6. The lowest BCUT2D eigenvalue weighted by molar-refractivity contribution is -0.132. The maximum Gasteiger partial charge on any atom is 0.390 e. The lowest BCUT2D eigenvalue weighted by atomic mass is 10.2. The Morgan fingerprint density at radius 1 is 1.19 bits per heavy atom. The second-order valence-corrected chi connectivity index (χ2v) is 5.33. The Balaban J connectivity index is 3.94. The second kappa shape index (κ2) is 10.7. The molecule has 0 fully saturated rings. The molecule has 0 saturated heterocycles. The fraction of sp³-hybridized carbons (Fsp3) is 0.929. The zero-order chi connectivity index (χ0) is 16.3. The van der Waals surface area contributed by atoms with Crippen LogP contribution in [0, 0.1) is 0 Å². The predicted molar refractivity (Wildman–Crippen MR) is 81.7 cm³/mol. The third-order valence-corrected chi connectivity index (χ3v) is 3.12. The Hall–Kier alpha value is -0.980. The molecule has 0 aliphatic carbocycles. The molecule has 7 heteroatoms. The van der Waals surface area contributed by atoms with Crippen LogP contribution in [0.1, 0.15) is 40.0 Å². The molecule has 21 heavy (non-hydrogen) atoms. The molecule has 0 aliphatic heterocycles. The molecule has 0 aromatic rings. The van der Waals surface area contributed by atoms with E-state index in [1.165, 1.54) is 0 Å². The summed E-state index contributed by atoms with van der Waals surface area (Å²) in [5.74, 6) is 0.457. The molecule has 0 amide bonds. The number of guanidine groups is 1. The van der Waals surface area contributed by atoms with E-state index in [1.54, 1.807) is 0 Å². The minimum atomic E-state index is -4.13. The van der Waals surface area contributed by atoms with Crippen LogP contribution in [-0.2, 0) is 0 Å². The average molecular weight is 310 g/mol. The highest BCUT2D eigenvalue weighted by Gasteiger charge is 2.26. The molecule has 126 valence electrons. The van der Waals surface area contributed by atoms with Gasteiger partial charge in [0, 0.05) is 25.7 Å². The van der Waals surface area contributed by atoms with Crippen molar-refractivity contribution in [3.8, 4) is 0 Å². The number of rotatable bonds is 9. The van der Waals surface area contributed by atoms with Gasteiger partial charge in [0.2, 0.25) is 0 Å². The zero-order valence-corrected chi connectivity index (χ0v) is 13.6. The monoisotopic (exact) mass is 310 g/mol. The van der Waals surface area contributed by atoms with Crippen LogP contribution >= 0.6 is 0 Å². The van der Waals surface area contributed by atoms with E-state index >= 15 is 0 Å². The largest absolute Gasteiger partial charge is 0.390 e. The van der Waals surface area contributed by atoms with Crippen molar-refractivity contribution >= 4 is 5.96 Å². The number of nitrogens with zero attached hydrogens (tertiary/aromatic N) is 2. The van der Waals surface area contributed by atoms with E-state index in [1.807, 2.05) is 6.92 Å². The van der Waals surface area contributed by atoms with Crippen molar-refractivity contribution in [2.24, 2.45) is 4.99 Å². The predicted octanol–water partition coefficient (Wildman–Crippen LogP) is 2.61. The fourth-order valence-corrected chi connectivity index (χ4v) is 1.59. The number of hydrogen-bond donors (Lipinski definition) is 2. The van der Waals surface area contributed by atoms with Gasteiger partial charge in [0.25, 0.3) is 0 Å². The number of halogens is 3. The van der Waals surface area contributed by atoms with Crippen molar-refractivity contribution < 1.29 is 13.2 Å². The summed E-state index contributed by atoms with van der Waals surface area (Å²) in [6, 6.07) is 0.523. The van der Waals surface area contributed by atoms with Gasteiger partial charge in [-0.25, -0.2) is 0 Å². The summed E-state index contributed by atoms with van der Waals surface area (Å²) in [7, 11) is 2.08. The molecular formula is C14H29F3N4. The van der Waals surface area contributed by atoms with E-state index in [4.69, 9.17) is 0 Å². The van der Waals surface area contributed by atoms with E-state index in [-0.39, 0.29) is 6.54 Å². The maximum atomic E-state index is 12.1. The summed E-state index contributed by atoms with van der Waals surface area (Å²) in [6.45, 7) is 8.29. The van der Waals surface area contributed by atoms with Crippen LogP contribution in [0.2, 0.25) is 0 Å². The minimum absolute atomic E-state index is 0.147. The molecule has 0 unspecified atom stereocenters. The normalized spacial score (nSPS) is 13.1. The maximum absolute atomic E-state index is 12.1. The van der Waals surface area contributed by atoms with Crippen molar-refractivity contribution in [1.29, 1.82) is 0 Å². The number of aliphatic imine (C=N–C) groups is 1. The first kappa shape index (κ1) is 20.0. The molecule has 0 saturated carbocycles. The van der Waals surface area contributed by atoms with Gasteiger partial charge >= 0.3 is 6.18 Å². The molecule has 2 N–H and O–H groups in total. The second-order valence-electron chi connectivity index (χ2n) is 5.33. The number of alkyl halides is 3. The van der Waals surface area contributed by atoms with Crippen molar-refractivity contribution in [1.82, 2.24) is 15.5 Å². The molecule has 0 spiro atoms. The summed E-state index contributed by atoms with van der Waals surface area (Å²) in [4.78, 5) is 6.54. The van der Waals surface area contributed by atoms with Gasteiger partial charge in [-0.3, -0.25) is 4.99 Å². The van der Waals surface area contributed by atoms with Gasteiger partial charge < -0.3 is 15.5 Å². The van der Waals surface area contributed by atoms with Gasteiger partial charge in [-0.1, -0.05) is 0 Å². The standard InChI is InChI=1S/C14H29F3N4/c1-5-18-13(20-10-8-14(15,16)17)19-9-6-7-11-21(4)12(2)3/h12H,5-11H2,1-4H3,(H2,18,19,20). The molecule has 4 nitrogen and oxygen atoms in total. The van der Waals surface area contributed by atoms with E-state index in [2.05, 4.69) is 41.4 Å². The third kappa shape index (κ3) is 12.5. The SMILES string of the molecule is CCNC(=NCCCCN(C)C(C)C)NCCC(F)(F)F. The highest BCUT2D eigenvalue weighted by atomic mass is 19.4. The topological polar surface area (TPSA) is 39.7 Å². The summed E-state index contributed by atoms with van der Waals surface area (Å²) < 4.78 is 36.2. The van der Waals surface area contributed by atoms with Crippen molar-refractivity contribution in [2.75, 3.05) is 33.2 Å². The van der Waals surface area contributed by atoms with Gasteiger partial charge in [-0.05, 0) is 47.2 Å². The van der Waals surface area contributed by atoms with Gasteiger partial charge in [0.05, 0.1) is 6.42 Å². The highest BCUT2D eigenvalue weighted by molar-refractivity contribution is 5.79. The smallest absolute Gasteiger partial charge is 0.357 e. The molecule has 0 radical (unpaired) electrons. The molecule has 0 rings (SSSR count). The van der Waals surface area contributed by atoms with Gasteiger partial charge in [0.1, 0.15) is 0 Å². The third-order valence-electron chi connectivity index (χ3n) is 3.12. The lowest BCUT2D eigenvalue weighted by Gasteiger charge is -2.20. The minimum Gasteiger partial charge on any atom is -0.357 e. The summed E-state index contributed by atoms with van der Waals surface area (Å²) in [5.41, 5.74) is 0. The number of hydrogen-bond acceptors (Lipinski definition) is 2. The van der Waals surface area contributed by atoms with E-state index in [0.717, 1.165) is 19.4 Å². The molecule has 0 aromatic heterocycles. The Morgan fingerprint density at radius 3 is 2.38 bits per heavy atom. The Morgan fingerprint density at radius 2 is 1.86 bits per heavy atom. The molecule has 0 aliphatic rings. The number of unbranched alkanes of at least 4 members (excludes halogenated alkanes) is 1. The van der Waals surface area contributed by atoms with Crippen LogP contribution in [0.25, 0.3) is 0 Å². The van der Waals surface area contributed by atoms with E-state index in [9.17, 15) is 13.2 Å². The van der Waals surface area contributed by atoms with Gasteiger partial charge in [-0.2, -0.15) is 13.2 Å². The fourth-order valence-electron chi connectivity index (χ4n) is 1.59. The summed E-state index contributed by atoms with van der Waals surface area (Å²) in [6.07, 6.45) is -3.03. The molecular weight excluding hydrogens is 281 g/mol. The molecule has 0 heterocycles. The molecule has 0 aromatic carbocycles. The number of nitrogens with one attached hydrogen (secondary N) is 2. The van der Waals surface area contributed by atoms with Crippen LogP contribution in [0.5, 0.6) is 0 Å². The lowest BCUT2D eigenvalue weighted by Crippen LogP contribution is -2.39. The summed E-state index contributed by atoms with van der Waals surface area (Å²) in [5, 5.41) is 5.65. The van der Waals surface area contributed by atoms with E-state index < -0.39 is 12.6 Å². The van der Waals surface area contributed by atoms with Crippen LogP contribution in [0.4, 0.5) is 13.2 Å². The van der Waals surface area contributed by atoms with Crippen LogP contribution < -0.4 is 10.6 Å². The first-order chi connectivity index (χ1) is 9.76. The van der Waals surface area contributed by atoms with Crippen molar-refractivity contribution in [3.05, 3.63) is 0 Å². The van der Waals surface area contributed by atoms with E-state index in [0.29, 0.717) is 25.1 Å². The Bertz CT molecular complexity index is 290.